The van der Waals surface area contributed by atoms with Gasteiger partial charge in [-0.25, -0.2) is 9.97 Å². The molecule has 0 fully saturated rings. The van der Waals surface area contributed by atoms with Crippen molar-refractivity contribution in [2.45, 2.75) is 10.7 Å². The van der Waals surface area contributed by atoms with Crippen LogP contribution >= 0.6 is 21.6 Å². The first-order valence-corrected chi connectivity index (χ1v) is 6.21. The van der Waals surface area contributed by atoms with Crippen molar-refractivity contribution >= 4 is 27.8 Å². The molecule has 14 heavy (non-hydrogen) atoms. The number of nitrogens with one attached hydrogen (secondary N) is 1. The minimum absolute atomic E-state index is 0.0498. The molecule has 1 aliphatic heterocycles. The van der Waals surface area contributed by atoms with E-state index in [1.165, 1.54) is 10.8 Å². The molecule has 1 unspecified atom stereocenters. The van der Waals surface area contributed by atoms with Gasteiger partial charge in [0.25, 0.3) is 0 Å². The molecule has 1 aliphatic rings. The van der Waals surface area contributed by atoms with E-state index in [9.17, 15) is 0 Å². The fourth-order valence-corrected chi connectivity index (χ4v) is 2.57. The summed E-state index contributed by atoms with van der Waals surface area (Å²) in [5.74, 6) is 0. The van der Waals surface area contributed by atoms with Crippen LogP contribution in [-0.2, 0) is 0 Å². The summed E-state index contributed by atoms with van der Waals surface area (Å²) >= 11 is 0. The Balaban J connectivity index is 1.83. The summed E-state index contributed by atoms with van der Waals surface area (Å²) < 4.78 is 0. The zero-order valence-electron chi connectivity index (χ0n) is 7.20. The van der Waals surface area contributed by atoms with Crippen molar-refractivity contribution in [2.24, 2.45) is 4.99 Å². The summed E-state index contributed by atoms with van der Waals surface area (Å²) in [4.78, 5) is 12.4. The quantitative estimate of drug-likeness (QED) is 0.625. The van der Waals surface area contributed by atoms with E-state index in [0.717, 1.165) is 5.16 Å². The molecule has 0 spiro atoms. The largest absolute Gasteiger partial charge is 0.361 e. The van der Waals surface area contributed by atoms with E-state index in [0.29, 0.717) is 0 Å². The maximum Gasteiger partial charge on any atom is 0.198 e. The van der Waals surface area contributed by atoms with E-state index in [-0.39, 0.29) is 5.50 Å². The first kappa shape index (κ1) is 9.54. The number of aromatic nitrogens is 2. The molecule has 0 amide bonds. The average molecular weight is 224 g/mol. The van der Waals surface area contributed by atoms with Crippen molar-refractivity contribution in [3.8, 4) is 0 Å². The van der Waals surface area contributed by atoms with Crippen LogP contribution < -0.4 is 5.32 Å². The lowest BCUT2D eigenvalue weighted by Gasteiger charge is -2.12. The van der Waals surface area contributed by atoms with Crippen molar-refractivity contribution in [1.29, 1.82) is 0 Å². The van der Waals surface area contributed by atoms with Gasteiger partial charge >= 0.3 is 0 Å². The van der Waals surface area contributed by atoms with Crippen molar-refractivity contribution in [3.63, 3.8) is 0 Å². The van der Waals surface area contributed by atoms with Crippen LogP contribution in [0.4, 0.5) is 0 Å². The monoisotopic (exact) mass is 224 g/mol. The van der Waals surface area contributed by atoms with Gasteiger partial charge in [-0.15, -0.1) is 0 Å². The minimum Gasteiger partial charge on any atom is -0.361 e. The Bertz CT molecular complexity index is 338. The van der Waals surface area contributed by atoms with Gasteiger partial charge in [0.05, 0.1) is 0 Å². The normalized spacial score (nSPS) is 19.3. The Morgan fingerprint density at radius 1 is 1.29 bits per heavy atom. The fourth-order valence-electron chi connectivity index (χ4n) is 0.821. The Morgan fingerprint density at radius 2 is 2.14 bits per heavy atom. The van der Waals surface area contributed by atoms with Crippen molar-refractivity contribution in [3.05, 3.63) is 30.7 Å². The van der Waals surface area contributed by atoms with Gasteiger partial charge in [0.15, 0.2) is 10.7 Å². The van der Waals surface area contributed by atoms with E-state index in [1.54, 1.807) is 35.5 Å². The molecule has 6 heteroatoms. The third-order valence-corrected chi connectivity index (χ3v) is 3.58. The molecular formula is C8H8N4S2. The third-order valence-electron chi connectivity index (χ3n) is 1.40. The molecule has 0 aliphatic carbocycles. The molecule has 1 aromatic heterocycles. The second kappa shape index (κ2) is 5.02. The van der Waals surface area contributed by atoms with Gasteiger partial charge in [0.2, 0.25) is 0 Å². The molecule has 1 atom stereocenters. The Morgan fingerprint density at radius 3 is 2.86 bits per heavy atom. The number of rotatable bonds is 3. The molecule has 0 radical (unpaired) electrons. The van der Waals surface area contributed by atoms with Crippen LogP contribution in [0.1, 0.15) is 0 Å². The summed E-state index contributed by atoms with van der Waals surface area (Å²) in [7, 11) is 3.09. The van der Waals surface area contributed by atoms with Crippen molar-refractivity contribution in [2.75, 3.05) is 0 Å². The first-order chi connectivity index (χ1) is 6.95. The molecule has 1 aromatic rings. The molecule has 0 aromatic carbocycles. The number of aliphatic imine (C=N–C) groups is 1. The smallest absolute Gasteiger partial charge is 0.198 e. The third kappa shape index (κ3) is 2.74. The lowest BCUT2D eigenvalue weighted by atomic mass is 10.6. The van der Waals surface area contributed by atoms with Gasteiger partial charge in [0, 0.05) is 24.8 Å². The van der Waals surface area contributed by atoms with E-state index < -0.39 is 0 Å². The average Bonchev–Trinajstić information content (AvgIpc) is 2.29. The highest BCUT2D eigenvalue weighted by Gasteiger charge is 2.07. The van der Waals surface area contributed by atoms with Crippen LogP contribution in [0.15, 0.2) is 40.9 Å². The summed E-state index contributed by atoms with van der Waals surface area (Å²) in [6.07, 6.45) is 8.97. The summed E-state index contributed by atoms with van der Waals surface area (Å²) in [6.45, 7) is 0. The fraction of sp³-hybridized carbons (Fsp3) is 0.125. The standard InChI is InChI=1S/C8H8N4S2/c1-3-9-7(10-4-1)13-14-8-11-5-2-6-12-8/h1-7,9H. The highest BCUT2D eigenvalue weighted by Crippen LogP contribution is 2.31. The van der Waals surface area contributed by atoms with E-state index in [4.69, 9.17) is 0 Å². The molecule has 0 saturated heterocycles. The summed E-state index contributed by atoms with van der Waals surface area (Å²) in [5, 5.41) is 3.85. The molecule has 2 rings (SSSR count). The van der Waals surface area contributed by atoms with Crippen LogP contribution in [0.2, 0.25) is 0 Å². The van der Waals surface area contributed by atoms with Crippen LogP contribution in [0, 0.1) is 0 Å². The predicted octanol–water partition coefficient (Wildman–Crippen LogP) is 1.69. The van der Waals surface area contributed by atoms with E-state index in [1.807, 2.05) is 12.3 Å². The molecule has 4 nitrogen and oxygen atoms in total. The number of nitrogens with zero attached hydrogens (tertiary/aromatic N) is 3. The zero-order chi connectivity index (χ0) is 9.64. The maximum absolute atomic E-state index is 4.21. The van der Waals surface area contributed by atoms with E-state index in [2.05, 4.69) is 20.3 Å². The molecule has 0 saturated carbocycles. The van der Waals surface area contributed by atoms with Crippen LogP contribution in [0.25, 0.3) is 0 Å². The molecule has 1 N–H and O–H groups in total. The van der Waals surface area contributed by atoms with Gasteiger partial charge < -0.3 is 5.32 Å². The molecule has 0 bridgehead atoms. The lowest BCUT2D eigenvalue weighted by molar-refractivity contribution is 0.821. The zero-order valence-corrected chi connectivity index (χ0v) is 8.83. The second-order valence-electron chi connectivity index (χ2n) is 2.39. The van der Waals surface area contributed by atoms with Crippen molar-refractivity contribution in [1.82, 2.24) is 15.3 Å². The SMILES string of the molecule is C1=CNC(SSc2ncccn2)N=C1. The maximum atomic E-state index is 4.21. The Labute approximate surface area is 89.7 Å². The number of allylic oxidation sites excluding steroid dienone is 1. The number of hydrogen-bond acceptors (Lipinski definition) is 6. The van der Waals surface area contributed by atoms with Crippen LogP contribution in [0.5, 0.6) is 0 Å². The minimum atomic E-state index is 0.0498. The van der Waals surface area contributed by atoms with Gasteiger partial charge in [-0.1, -0.05) is 0 Å². The molecule has 72 valence electrons. The van der Waals surface area contributed by atoms with Gasteiger partial charge in [0.1, 0.15) is 0 Å². The van der Waals surface area contributed by atoms with Crippen LogP contribution in [-0.4, -0.2) is 21.7 Å². The van der Waals surface area contributed by atoms with E-state index >= 15 is 0 Å². The predicted molar refractivity (Wildman–Crippen MR) is 60.0 cm³/mol. The Kier molecular flexibility index (Phi) is 3.42. The second-order valence-corrected chi connectivity index (χ2v) is 4.64. The highest BCUT2D eigenvalue weighted by molar-refractivity contribution is 8.76. The van der Waals surface area contributed by atoms with Gasteiger partial charge in [-0.3, -0.25) is 4.99 Å². The lowest BCUT2D eigenvalue weighted by Crippen LogP contribution is -2.19. The van der Waals surface area contributed by atoms with Crippen LogP contribution in [0.3, 0.4) is 0 Å². The molecule has 2 heterocycles. The van der Waals surface area contributed by atoms with Gasteiger partial charge in [-0.05, 0) is 33.7 Å². The molecular weight excluding hydrogens is 216 g/mol. The Hall–Kier alpha value is -1.01. The number of hydrogen-bond donors (Lipinski definition) is 1. The summed E-state index contributed by atoms with van der Waals surface area (Å²) in [6, 6.07) is 1.80. The highest BCUT2D eigenvalue weighted by atomic mass is 33.1. The van der Waals surface area contributed by atoms with Gasteiger partial charge in [-0.2, -0.15) is 0 Å². The summed E-state index contributed by atoms with van der Waals surface area (Å²) in [5.41, 5.74) is 0.0498. The topological polar surface area (TPSA) is 50.2 Å². The first-order valence-electron chi connectivity index (χ1n) is 4.00. The van der Waals surface area contributed by atoms with Crippen molar-refractivity contribution < 1.29 is 0 Å².